The molecule has 0 aliphatic carbocycles. The van der Waals surface area contributed by atoms with Gasteiger partial charge in [0.05, 0.1) is 19.9 Å². The summed E-state index contributed by atoms with van der Waals surface area (Å²) in [4.78, 5) is 0. The number of rotatable bonds is 4. The van der Waals surface area contributed by atoms with E-state index in [4.69, 9.17) is 21.1 Å². The highest BCUT2D eigenvalue weighted by Crippen LogP contribution is 2.34. The van der Waals surface area contributed by atoms with Crippen molar-refractivity contribution in [2.24, 2.45) is 7.05 Å². The number of hydrogen-bond donors (Lipinski definition) is 1. The smallest absolute Gasteiger partial charge is 0.133 e. The Morgan fingerprint density at radius 3 is 2.15 bits per heavy atom. The Hall–Kier alpha value is -1.72. The van der Waals surface area contributed by atoms with Gasteiger partial charge in [-0.05, 0) is 24.6 Å². The molecular formula is C14H17ClN2O3. The van der Waals surface area contributed by atoms with E-state index in [1.807, 2.05) is 6.92 Å². The van der Waals surface area contributed by atoms with Gasteiger partial charge in [0.15, 0.2) is 0 Å². The molecule has 1 aromatic carbocycles. The van der Waals surface area contributed by atoms with Gasteiger partial charge >= 0.3 is 0 Å². The van der Waals surface area contributed by atoms with Crippen LogP contribution < -0.4 is 9.47 Å². The maximum Gasteiger partial charge on any atom is 0.133 e. The lowest BCUT2D eigenvalue weighted by Gasteiger charge is -2.14. The molecule has 2 rings (SSSR count). The minimum absolute atomic E-state index is 0.414. The monoisotopic (exact) mass is 296 g/mol. The number of nitrogens with zero attached hydrogens (tertiary/aromatic N) is 2. The molecule has 1 atom stereocenters. The Kier molecular flexibility index (Phi) is 4.20. The van der Waals surface area contributed by atoms with Gasteiger partial charge in [-0.3, -0.25) is 4.68 Å². The number of methoxy groups -OCH3 is 2. The van der Waals surface area contributed by atoms with Crippen molar-refractivity contribution < 1.29 is 14.6 Å². The van der Waals surface area contributed by atoms with Crippen molar-refractivity contribution in [1.82, 2.24) is 9.78 Å². The minimum Gasteiger partial charge on any atom is -0.497 e. The molecule has 0 radical (unpaired) electrons. The van der Waals surface area contributed by atoms with Gasteiger partial charge in [0.2, 0.25) is 0 Å². The highest BCUT2D eigenvalue weighted by molar-refractivity contribution is 6.30. The Labute approximate surface area is 122 Å². The SMILES string of the molecule is COc1cc(OC)cc(C(O)c2c(C)nn(C)c2Cl)c1. The molecule has 0 aliphatic rings. The predicted molar refractivity (Wildman–Crippen MR) is 76.6 cm³/mol. The standard InChI is InChI=1S/C14H17ClN2O3/c1-8-12(14(15)17(2)16-8)13(18)9-5-10(19-3)7-11(6-9)20-4/h5-7,13,18H,1-4H3. The van der Waals surface area contributed by atoms with Crippen LogP contribution in [0.2, 0.25) is 5.15 Å². The Morgan fingerprint density at radius 2 is 1.75 bits per heavy atom. The van der Waals surface area contributed by atoms with Crippen molar-refractivity contribution in [3.8, 4) is 11.5 Å². The van der Waals surface area contributed by atoms with E-state index < -0.39 is 6.10 Å². The second-order valence-electron chi connectivity index (χ2n) is 4.46. The number of aromatic nitrogens is 2. The van der Waals surface area contributed by atoms with Gasteiger partial charge in [0, 0.05) is 18.7 Å². The predicted octanol–water partition coefficient (Wildman–Crippen LogP) is 2.48. The molecule has 20 heavy (non-hydrogen) atoms. The summed E-state index contributed by atoms with van der Waals surface area (Å²) in [6, 6.07) is 5.24. The number of benzene rings is 1. The topological polar surface area (TPSA) is 56.5 Å². The molecule has 0 aliphatic heterocycles. The van der Waals surface area contributed by atoms with E-state index in [0.29, 0.717) is 33.5 Å². The first-order valence-corrected chi connectivity index (χ1v) is 6.45. The van der Waals surface area contributed by atoms with E-state index in [9.17, 15) is 5.11 Å². The number of aryl methyl sites for hydroxylation is 2. The van der Waals surface area contributed by atoms with Crippen LogP contribution in [-0.4, -0.2) is 29.1 Å². The van der Waals surface area contributed by atoms with Gasteiger partial charge < -0.3 is 14.6 Å². The highest BCUT2D eigenvalue weighted by atomic mass is 35.5. The van der Waals surface area contributed by atoms with Crippen LogP contribution in [0.1, 0.15) is 22.9 Å². The molecule has 0 saturated heterocycles. The van der Waals surface area contributed by atoms with Gasteiger partial charge in [0.25, 0.3) is 0 Å². The normalized spacial score (nSPS) is 12.3. The summed E-state index contributed by atoms with van der Waals surface area (Å²) in [5.41, 5.74) is 1.91. The molecule has 0 amide bonds. The van der Waals surface area contributed by atoms with Gasteiger partial charge in [-0.25, -0.2) is 0 Å². The summed E-state index contributed by atoms with van der Waals surface area (Å²) in [6.07, 6.45) is -0.889. The van der Waals surface area contributed by atoms with Crippen LogP contribution in [0.15, 0.2) is 18.2 Å². The molecule has 1 aromatic heterocycles. The van der Waals surface area contributed by atoms with Crippen LogP contribution >= 0.6 is 11.6 Å². The summed E-state index contributed by atoms with van der Waals surface area (Å²) in [5, 5.41) is 15.2. The number of aliphatic hydroxyl groups is 1. The quantitative estimate of drug-likeness (QED) is 0.942. The fraction of sp³-hybridized carbons (Fsp3) is 0.357. The van der Waals surface area contributed by atoms with Gasteiger partial charge in [-0.15, -0.1) is 0 Å². The number of halogens is 1. The summed E-state index contributed by atoms with van der Waals surface area (Å²) in [5.74, 6) is 1.21. The summed E-state index contributed by atoms with van der Waals surface area (Å²) >= 11 is 6.18. The largest absolute Gasteiger partial charge is 0.497 e. The fourth-order valence-corrected chi connectivity index (χ4v) is 2.39. The molecule has 108 valence electrons. The Bertz CT molecular complexity index is 603. The minimum atomic E-state index is -0.889. The second-order valence-corrected chi connectivity index (χ2v) is 4.82. The molecule has 1 unspecified atom stereocenters. The van der Waals surface area contributed by atoms with E-state index in [-0.39, 0.29) is 0 Å². The lowest BCUT2D eigenvalue weighted by atomic mass is 10.0. The molecule has 0 saturated carbocycles. The zero-order chi connectivity index (χ0) is 14.9. The van der Waals surface area contributed by atoms with E-state index in [0.717, 1.165) is 0 Å². The molecular weight excluding hydrogens is 280 g/mol. The molecule has 1 N–H and O–H groups in total. The first kappa shape index (κ1) is 14.7. The second kappa shape index (κ2) is 5.73. The van der Waals surface area contributed by atoms with Gasteiger partial charge in [0.1, 0.15) is 22.8 Å². The average Bonchev–Trinajstić information content (AvgIpc) is 2.70. The Balaban J connectivity index is 2.49. The van der Waals surface area contributed by atoms with Crippen LogP contribution in [0.25, 0.3) is 0 Å². The van der Waals surface area contributed by atoms with E-state index >= 15 is 0 Å². The fourth-order valence-electron chi connectivity index (χ4n) is 2.11. The average molecular weight is 297 g/mol. The third-order valence-electron chi connectivity index (χ3n) is 3.16. The van der Waals surface area contributed by atoms with Crippen molar-refractivity contribution >= 4 is 11.6 Å². The van der Waals surface area contributed by atoms with Crippen molar-refractivity contribution in [1.29, 1.82) is 0 Å². The Morgan fingerprint density at radius 1 is 1.20 bits per heavy atom. The molecule has 0 fully saturated rings. The van der Waals surface area contributed by atoms with Crippen LogP contribution in [0, 0.1) is 6.92 Å². The molecule has 6 heteroatoms. The van der Waals surface area contributed by atoms with Crippen LogP contribution in [0.4, 0.5) is 0 Å². The third kappa shape index (κ3) is 2.59. The van der Waals surface area contributed by atoms with Crippen molar-refractivity contribution in [3.63, 3.8) is 0 Å². The third-order valence-corrected chi connectivity index (χ3v) is 3.61. The van der Waals surface area contributed by atoms with Crippen LogP contribution in [-0.2, 0) is 7.05 Å². The summed E-state index contributed by atoms with van der Waals surface area (Å²) < 4.78 is 11.9. The maximum absolute atomic E-state index is 10.6. The van der Waals surface area contributed by atoms with Crippen molar-refractivity contribution in [2.75, 3.05) is 14.2 Å². The zero-order valence-corrected chi connectivity index (χ0v) is 12.6. The van der Waals surface area contributed by atoms with Crippen molar-refractivity contribution in [3.05, 3.63) is 40.2 Å². The van der Waals surface area contributed by atoms with E-state index in [1.54, 1.807) is 39.5 Å². The van der Waals surface area contributed by atoms with Gasteiger partial charge in [-0.1, -0.05) is 11.6 Å². The molecule has 5 nitrogen and oxygen atoms in total. The lowest BCUT2D eigenvalue weighted by molar-refractivity contribution is 0.218. The first-order valence-electron chi connectivity index (χ1n) is 6.08. The van der Waals surface area contributed by atoms with Crippen LogP contribution in [0.3, 0.4) is 0 Å². The molecule has 1 heterocycles. The van der Waals surface area contributed by atoms with E-state index in [1.165, 1.54) is 4.68 Å². The number of hydrogen-bond acceptors (Lipinski definition) is 4. The molecule has 2 aromatic rings. The molecule has 0 spiro atoms. The zero-order valence-electron chi connectivity index (χ0n) is 11.8. The first-order chi connectivity index (χ1) is 9.47. The van der Waals surface area contributed by atoms with Gasteiger partial charge in [-0.2, -0.15) is 5.10 Å². The maximum atomic E-state index is 10.6. The summed E-state index contributed by atoms with van der Waals surface area (Å²) in [7, 11) is 4.86. The van der Waals surface area contributed by atoms with Crippen LogP contribution in [0.5, 0.6) is 11.5 Å². The highest BCUT2D eigenvalue weighted by Gasteiger charge is 2.22. The van der Waals surface area contributed by atoms with Crippen molar-refractivity contribution in [2.45, 2.75) is 13.0 Å². The lowest BCUT2D eigenvalue weighted by Crippen LogP contribution is -2.02. The number of ether oxygens (including phenoxy) is 2. The van der Waals surface area contributed by atoms with E-state index in [2.05, 4.69) is 5.10 Å². The summed E-state index contributed by atoms with van der Waals surface area (Å²) in [6.45, 7) is 1.81. The molecule has 0 bridgehead atoms. The number of aliphatic hydroxyl groups excluding tert-OH is 1.